The Hall–Kier alpha value is -1.00. The number of thiophene rings is 1. The van der Waals surface area contributed by atoms with E-state index < -0.39 is 0 Å². The molecule has 0 atom stereocenters. The van der Waals surface area contributed by atoms with Crippen LogP contribution in [0.3, 0.4) is 0 Å². The summed E-state index contributed by atoms with van der Waals surface area (Å²) in [6.07, 6.45) is -0.371. The number of hydrogen-bond acceptors (Lipinski definition) is 3. The summed E-state index contributed by atoms with van der Waals surface area (Å²) in [4.78, 5) is 14.1. The normalized spacial score (nSPS) is 15.3. The smallest absolute Gasteiger partial charge is 0.414 e. The van der Waals surface area contributed by atoms with Crippen LogP contribution in [0.1, 0.15) is 17.4 Å². The van der Waals surface area contributed by atoms with Gasteiger partial charge in [-0.15, -0.1) is 11.3 Å². The minimum absolute atomic E-state index is 0.371. The molecule has 80 valence electrons. The Kier molecular flexibility index (Phi) is 2.71. The van der Waals surface area contributed by atoms with Gasteiger partial charge in [0.05, 0.1) is 18.7 Å². The molecule has 1 aromatic heterocycles. The molecule has 1 aliphatic heterocycles. The number of fused-ring (bicyclic) bond motifs is 1. The van der Waals surface area contributed by atoms with E-state index in [1.54, 1.807) is 16.2 Å². The number of ether oxygens (including phenoxy) is 1. The van der Waals surface area contributed by atoms with Gasteiger partial charge in [-0.1, -0.05) is 11.6 Å². The summed E-state index contributed by atoms with van der Waals surface area (Å²) in [6.45, 7) is 2.36. The first-order valence-corrected chi connectivity index (χ1v) is 5.69. The van der Waals surface area contributed by atoms with Crippen molar-refractivity contribution in [2.75, 3.05) is 7.11 Å². The van der Waals surface area contributed by atoms with Gasteiger partial charge in [0.25, 0.3) is 0 Å². The van der Waals surface area contributed by atoms with E-state index in [2.05, 4.69) is 0 Å². The van der Waals surface area contributed by atoms with Crippen LogP contribution in [0.25, 0.3) is 5.03 Å². The maximum Gasteiger partial charge on any atom is 0.414 e. The lowest BCUT2D eigenvalue weighted by atomic mass is 10.1. The SMILES string of the molecule is COC(=O)N1Cc2sccc2C(Cl)=C1C. The van der Waals surface area contributed by atoms with Crippen molar-refractivity contribution in [2.24, 2.45) is 0 Å². The van der Waals surface area contributed by atoms with E-state index in [4.69, 9.17) is 16.3 Å². The Labute approximate surface area is 96.9 Å². The third-order valence-corrected chi connectivity index (χ3v) is 3.78. The van der Waals surface area contributed by atoms with Crippen molar-refractivity contribution in [1.29, 1.82) is 0 Å². The molecule has 2 heterocycles. The number of hydrogen-bond donors (Lipinski definition) is 0. The largest absolute Gasteiger partial charge is 0.452 e. The molecule has 0 unspecified atom stereocenters. The highest BCUT2D eigenvalue weighted by molar-refractivity contribution is 7.10. The number of nitrogens with zero attached hydrogens (tertiary/aromatic N) is 1. The van der Waals surface area contributed by atoms with Gasteiger partial charge in [0.2, 0.25) is 0 Å². The zero-order valence-electron chi connectivity index (χ0n) is 8.41. The topological polar surface area (TPSA) is 29.5 Å². The molecule has 0 bridgehead atoms. The molecule has 0 aromatic carbocycles. The quantitative estimate of drug-likeness (QED) is 0.700. The van der Waals surface area contributed by atoms with Gasteiger partial charge in [-0.2, -0.15) is 0 Å². The average molecular weight is 244 g/mol. The van der Waals surface area contributed by atoms with Crippen LogP contribution in [0.15, 0.2) is 17.1 Å². The van der Waals surface area contributed by atoms with Crippen LogP contribution in [-0.2, 0) is 11.3 Å². The Morgan fingerprint density at radius 3 is 3.07 bits per heavy atom. The molecule has 5 heteroatoms. The third-order valence-electron chi connectivity index (χ3n) is 2.40. The molecular formula is C10H10ClNO2S. The summed E-state index contributed by atoms with van der Waals surface area (Å²) in [5.74, 6) is 0. The van der Waals surface area contributed by atoms with Crippen LogP contribution in [0, 0.1) is 0 Å². The van der Waals surface area contributed by atoms with Crippen molar-refractivity contribution in [3.05, 3.63) is 27.6 Å². The van der Waals surface area contributed by atoms with E-state index in [-0.39, 0.29) is 6.09 Å². The van der Waals surface area contributed by atoms with Gasteiger partial charge in [-0.05, 0) is 18.4 Å². The lowest BCUT2D eigenvalue weighted by Gasteiger charge is -2.26. The highest BCUT2D eigenvalue weighted by Crippen LogP contribution is 2.37. The summed E-state index contributed by atoms with van der Waals surface area (Å²) < 4.78 is 4.70. The fourth-order valence-corrected chi connectivity index (χ4v) is 2.75. The number of carbonyl (C=O) groups excluding carboxylic acids is 1. The molecule has 2 rings (SSSR count). The first kappa shape index (κ1) is 10.5. The molecule has 0 N–H and O–H groups in total. The second-order valence-electron chi connectivity index (χ2n) is 3.21. The Balaban J connectivity index is 2.43. The number of methoxy groups -OCH3 is 1. The highest BCUT2D eigenvalue weighted by atomic mass is 35.5. The molecule has 15 heavy (non-hydrogen) atoms. The van der Waals surface area contributed by atoms with Crippen molar-refractivity contribution < 1.29 is 9.53 Å². The molecule has 3 nitrogen and oxygen atoms in total. The zero-order valence-corrected chi connectivity index (χ0v) is 9.98. The molecule has 1 aliphatic rings. The standard InChI is InChI=1S/C10H10ClNO2S/c1-6-9(11)7-3-4-15-8(7)5-12(6)10(13)14-2/h3-4H,5H2,1-2H3. The van der Waals surface area contributed by atoms with Crippen molar-refractivity contribution in [3.8, 4) is 0 Å². The van der Waals surface area contributed by atoms with Crippen LogP contribution in [-0.4, -0.2) is 18.1 Å². The van der Waals surface area contributed by atoms with Crippen molar-refractivity contribution in [1.82, 2.24) is 4.90 Å². The lowest BCUT2D eigenvalue weighted by Crippen LogP contribution is -2.31. The van der Waals surface area contributed by atoms with Gasteiger partial charge in [0, 0.05) is 16.1 Å². The van der Waals surface area contributed by atoms with Crippen LogP contribution in [0.5, 0.6) is 0 Å². The van der Waals surface area contributed by atoms with Crippen LogP contribution in [0.4, 0.5) is 4.79 Å². The van der Waals surface area contributed by atoms with Gasteiger partial charge in [0.15, 0.2) is 0 Å². The molecule has 0 radical (unpaired) electrons. The van der Waals surface area contributed by atoms with Crippen molar-refractivity contribution >= 4 is 34.1 Å². The van der Waals surface area contributed by atoms with Crippen molar-refractivity contribution in [3.63, 3.8) is 0 Å². The number of rotatable bonds is 0. The molecule has 0 saturated carbocycles. The second kappa shape index (κ2) is 3.87. The van der Waals surface area contributed by atoms with Crippen LogP contribution < -0.4 is 0 Å². The lowest BCUT2D eigenvalue weighted by molar-refractivity contribution is 0.134. The number of allylic oxidation sites excluding steroid dienone is 1. The summed E-state index contributed by atoms with van der Waals surface area (Å²) >= 11 is 7.77. The van der Waals surface area contributed by atoms with E-state index in [1.165, 1.54) is 7.11 Å². The fraction of sp³-hybridized carbons (Fsp3) is 0.300. The van der Waals surface area contributed by atoms with Crippen molar-refractivity contribution in [2.45, 2.75) is 13.5 Å². The first-order valence-electron chi connectivity index (χ1n) is 4.43. The van der Waals surface area contributed by atoms with E-state index in [0.29, 0.717) is 11.6 Å². The Bertz CT molecular complexity index is 438. The molecule has 0 saturated heterocycles. The van der Waals surface area contributed by atoms with Crippen LogP contribution >= 0.6 is 22.9 Å². The predicted molar refractivity (Wildman–Crippen MR) is 60.7 cm³/mol. The molecule has 0 fully saturated rings. The van der Waals surface area contributed by atoms with E-state index >= 15 is 0 Å². The molecule has 1 aromatic rings. The monoisotopic (exact) mass is 243 g/mol. The maximum absolute atomic E-state index is 11.5. The first-order chi connectivity index (χ1) is 7.15. The summed E-state index contributed by atoms with van der Waals surface area (Å²) in [6, 6.07) is 1.97. The molecule has 1 amide bonds. The summed E-state index contributed by atoms with van der Waals surface area (Å²) in [5.41, 5.74) is 1.77. The summed E-state index contributed by atoms with van der Waals surface area (Å²) in [5, 5.41) is 2.60. The second-order valence-corrected chi connectivity index (χ2v) is 4.59. The van der Waals surface area contributed by atoms with Gasteiger partial charge in [0.1, 0.15) is 0 Å². The van der Waals surface area contributed by atoms with E-state index in [9.17, 15) is 4.79 Å². The maximum atomic E-state index is 11.5. The van der Waals surface area contributed by atoms with Gasteiger partial charge >= 0.3 is 6.09 Å². The van der Waals surface area contributed by atoms with Crippen LogP contribution in [0.2, 0.25) is 0 Å². The number of halogens is 1. The predicted octanol–water partition coefficient (Wildman–Crippen LogP) is 3.26. The molecule has 0 aliphatic carbocycles. The van der Waals surface area contributed by atoms with Gasteiger partial charge < -0.3 is 4.74 Å². The third kappa shape index (κ3) is 1.64. The summed E-state index contributed by atoms with van der Waals surface area (Å²) in [7, 11) is 1.37. The fourth-order valence-electron chi connectivity index (χ4n) is 1.55. The van der Waals surface area contributed by atoms with Gasteiger partial charge in [-0.25, -0.2) is 4.79 Å². The minimum Gasteiger partial charge on any atom is -0.452 e. The Morgan fingerprint density at radius 2 is 2.40 bits per heavy atom. The number of amides is 1. The highest BCUT2D eigenvalue weighted by Gasteiger charge is 2.26. The van der Waals surface area contributed by atoms with Gasteiger partial charge in [-0.3, -0.25) is 4.90 Å². The number of carbonyl (C=O) groups is 1. The Morgan fingerprint density at radius 1 is 1.67 bits per heavy atom. The zero-order chi connectivity index (χ0) is 11.0. The minimum atomic E-state index is -0.371. The molecular weight excluding hydrogens is 234 g/mol. The van der Waals surface area contributed by atoms with E-state index in [0.717, 1.165) is 16.1 Å². The van der Waals surface area contributed by atoms with E-state index in [1.807, 2.05) is 18.4 Å². The average Bonchev–Trinajstić information content (AvgIpc) is 2.70. The molecule has 0 spiro atoms.